The van der Waals surface area contributed by atoms with E-state index in [1.54, 1.807) is 57.2 Å². The van der Waals surface area contributed by atoms with Crippen molar-refractivity contribution in [3.63, 3.8) is 0 Å². The number of hydrogen-bond donors (Lipinski definition) is 11. The van der Waals surface area contributed by atoms with Gasteiger partial charge in [0.05, 0.1) is 24.7 Å². The highest BCUT2D eigenvalue weighted by Crippen LogP contribution is 2.33. The van der Waals surface area contributed by atoms with Crippen LogP contribution in [0, 0.1) is 29.6 Å². The number of anilines is 1. The number of alkyl carbamates (subject to hydrolysis) is 1. The molecule has 35 nitrogen and oxygen atoms in total. The third kappa shape index (κ3) is 34.2. The van der Waals surface area contributed by atoms with Gasteiger partial charge in [-0.15, -0.1) is 11.3 Å². The van der Waals surface area contributed by atoms with E-state index in [4.69, 9.17) is 34.2 Å². The average Bonchev–Trinajstić information content (AvgIpc) is 1.78. The van der Waals surface area contributed by atoms with Crippen LogP contribution in [0.3, 0.4) is 0 Å². The second kappa shape index (κ2) is 49.0. The summed E-state index contributed by atoms with van der Waals surface area (Å²) in [6.07, 6.45) is -2.15. The summed E-state index contributed by atoms with van der Waals surface area (Å²) in [5, 5.41) is 49.6. The van der Waals surface area contributed by atoms with Gasteiger partial charge >= 0.3 is 42.2 Å². The van der Waals surface area contributed by atoms with Crippen molar-refractivity contribution in [1.29, 1.82) is 0 Å². The Morgan fingerprint density at radius 2 is 1.42 bits per heavy atom. The smallest absolute Gasteiger partial charge is 0.415 e. The molecule has 11 amide bonds. The maximum absolute atomic E-state index is 15.1. The second-order valence-corrected chi connectivity index (χ2v) is 30.3. The number of nitrogens with zero attached hydrogens (tertiary/aromatic N) is 5. The summed E-state index contributed by atoms with van der Waals surface area (Å²) < 4.78 is 32.9. The fourth-order valence-corrected chi connectivity index (χ4v) is 12.8. The summed E-state index contributed by atoms with van der Waals surface area (Å²) in [4.78, 5) is 182. The van der Waals surface area contributed by atoms with E-state index in [1.165, 1.54) is 60.2 Å². The summed E-state index contributed by atoms with van der Waals surface area (Å²) in [5.74, 6) is -7.60. The average molecular weight is 1610 g/mol. The lowest BCUT2D eigenvalue weighted by atomic mass is 9.92. The van der Waals surface area contributed by atoms with Gasteiger partial charge in [-0.2, -0.15) is 0 Å². The number of nitrogens with one attached hydrogen (secondary N) is 7. The molecule has 0 spiro atoms. The van der Waals surface area contributed by atoms with Crippen molar-refractivity contribution in [1.82, 2.24) is 56.5 Å². The third-order valence-electron chi connectivity index (χ3n) is 18.9. The van der Waals surface area contributed by atoms with Crippen LogP contribution in [0.4, 0.5) is 24.9 Å². The Bertz CT molecular complexity index is 3580. The minimum Gasteiger partial charge on any atom is -0.481 e. The van der Waals surface area contributed by atoms with Crippen LogP contribution in [-0.4, -0.2) is 240 Å². The molecular weight excluding hydrogens is 1490 g/mol. The number of aliphatic hydroxyl groups excluding tert-OH is 2. The maximum Gasteiger partial charge on any atom is 0.415 e. The number of nitrogens with two attached hydrogens (primary N) is 1. The molecule has 1 aliphatic rings. The Morgan fingerprint density at radius 1 is 0.752 bits per heavy atom. The highest BCUT2D eigenvalue weighted by molar-refractivity contribution is 7.09. The van der Waals surface area contributed by atoms with Gasteiger partial charge in [-0.25, -0.2) is 24.2 Å². The van der Waals surface area contributed by atoms with Gasteiger partial charge in [0.15, 0.2) is 19.1 Å². The number of aliphatic hydroxyl groups is 2. The van der Waals surface area contributed by atoms with Gasteiger partial charge in [-0.05, 0) is 118 Å². The van der Waals surface area contributed by atoms with E-state index in [2.05, 4.69) is 42.2 Å². The number of carboxylic acid groups (broad SMARTS) is 1. The summed E-state index contributed by atoms with van der Waals surface area (Å²) in [6.45, 7) is 18.2. The number of carboxylic acids is 1. The van der Waals surface area contributed by atoms with Gasteiger partial charge in [-0.1, -0.05) is 106 Å². The number of hydrogen-bond acceptors (Lipinski definition) is 24. The number of likely N-dealkylation sites (N-methyl/N-ethyl adjacent to an activating group) is 3. The molecule has 2 unspecified atom stereocenters. The number of amides is 11. The van der Waals surface area contributed by atoms with Crippen molar-refractivity contribution in [2.75, 3.05) is 79.1 Å². The quantitative estimate of drug-likeness (QED) is 0.0135. The number of benzene rings is 2. The molecule has 2 heterocycles. The van der Waals surface area contributed by atoms with Gasteiger partial charge in [-0.3, -0.25) is 48.1 Å². The van der Waals surface area contributed by atoms with Gasteiger partial charge in [0.1, 0.15) is 47.8 Å². The van der Waals surface area contributed by atoms with Crippen molar-refractivity contribution in [2.24, 2.45) is 35.3 Å². The number of ether oxygens (including phenoxy) is 6. The Morgan fingerprint density at radius 3 is 2.01 bits per heavy atom. The van der Waals surface area contributed by atoms with Crippen LogP contribution in [0.1, 0.15) is 180 Å². The molecule has 1 fully saturated rings. The fraction of sp³-hybridized carbons (Fsp3) is 0.636. The zero-order chi connectivity index (χ0) is 84.2. The summed E-state index contributed by atoms with van der Waals surface area (Å²) in [5.41, 5.74) is 6.65. The Hall–Kier alpha value is -9.78. The van der Waals surface area contributed by atoms with E-state index in [1.807, 2.05) is 53.5 Å². The number of aliphatic carboxylic acids is 1. The number of aromatic nitrogens is 1. The van der Waals surface area contributed by atoms with Gasteiger partial charge in [0.2, 0.25) is 29.5 Å². The van der Waals surface area contributed by atoms with E-state index in [-0.39, 0.29) is 124 Å². The normalized spacial score (nSPS) is 15.5. The predicted molar refractivity (Wildman–Crippen MR) is 416 cm³/mol. The number of urea groups is 1. The minimum absolute atomic E-state index is 0.00156. The lowest BCUT2D eigenvalue weighted by Crippen LogP contribution is -2.59. The minimum atomic E-state index is -1.49. The predicted octanol–water partition coefficient (Wildman–Crippen LogP) is 5.94. The van der Waals surface area contributed by atoms with Crippen LogP contribution in [0.2, 0.25) is 0 Å². The molecule has 1 saturated heterocycles. The molecule has 11 atom stereocenters. The van der Waals surface area contributed by atoms with Crippen molar-refractivity contribution in [2.45, 2.75) is 215 Å². The first kappa shape index (κ1) is 95.6. The number of piperidine rings is 1. The molecule has 113 heavy (non-hydrogen) atoms. The third-order valence-corrected chi connectivity index (χ3v) is 19.8. The number of thiazole rings is 1. The summed E-state index contributed by atoms with van der Waals surface area (Å²) >= 11 is 1.04. The molecule has 4 rings (SSSR count). The van der Waals surface area contributed by atoms with Gasteiger partial charge < -0.3 is 101 Å². The van der Waals surface area contributed by atoms with Crippen LogP contribution in [0.5, 0.6) is 5.75 Å². The molecule has 1 aliphatic heterocycles. The molecule has 3 aromatic rings. The van der Waals surface area contributed by atoms with Crippen LogP contribution in [0.25, 0.3) is 0 Å². The first-order valence-corrected chi connectivity index (χ1v) is 39.2. The van der Waals surface area contributed by atoms with Crippen molar-refractivity contribution < 1.29 is 106 Å². The zero-order valence-corrected chi connectivity index (χ0v) is 68.3. The van der Waals surface area contributed by atoms with E-state index in [0.29, 0.717) is 36.1 Å². The van der Waals surface area contributed by atoms with Crippen molar-refractivity contribution in [3.05, 3.63) is 75.7 Å². The number of rotatable bonds is 47. The van der Waals surface area contributed by atoms with E-state index < -0.39 is 152 Å². The second-order valence-electron chi connectivity index (χ2n) is 29.4. The summed E-state index contributed by atoms with van der Waals surface area (Å²) in [6, 6.07) is 6.60. The molecule has 1 aromatic heterocycles. The molecule has 0 radical (unpaired) electrons. The molecule has 0 saturated carbocycles. The van der Waals surface area contributed by atoms with E-state index in [9.17, 15) is 72.9 Å². The highest BCUT2D eigenvalue weighted by atomic mass is 32.1. The van der Waals surface area contributed by atoms with Crippen molar-refractivity contribution in [3.8, 4) is 5.75 Å². The maximum atomic E-state index is 15.1. The molecule has 630 valence electrons. The standard InChI is InChI=1S/C77H119N13O22S/c1-15-48(9)66(86-69(98)59-21-17-18-33-87(59)12)72(100)90(44-109-63(94)36-45(3)4)60(46(5)6)39-61(110-50(11)92)71-84-58(43-113-71)68(97)82-54(37-49(10)73(101)102)38-51-24-28-56(29-25-51)112-77(106)89(14)35-34-88(13)76(105)108-41-52-22-26-53(27-23-52)81-67(96)57(20-19-31-79-74(78)103)83-70(99)65(47(7)8)85-62(93)30-32-80-75(104)107-42-64(95)111-55(16-2)40-91/h22-29,43,45-49,54-55,57,59-61,64-66,91,95H,15-21,30-42,44H2,1-14H3,(H,80,104)(H,81,96)(H,82,97)(H,83,99)(H,85,93)(H,86,98)(H,101,102)(H3,78,79,103)/t48-,49-,54+,55?,57+,59+,60+,61+,64?,65+,66-/m0/s1. The SMILES string of the molecule is CCC(CO)OC(O)COC(=O)NCCC(=O)N[C@@H](C(=O)N[C@H](CCCNC(N)=O)C(=O)Nc1ccc(COC(=O)N(C)CCN(C)C(=O)Oc2ccc(C[C@@H](C[C@H](C)C(=O)O)NC(=O)c3csc([C@@H](C[C@H](C(C)C)N(COC(=O)CC(C)C)C(=O)[C@@H](NC(=O)[C@H]4CCCCN4C)[C@@H](C)CC)OC(C)=O)n3)cc2)cc1)C(C)C. The Balaban J connectivity index is 1.35. The van der Waals surface area contributed by atoms with Crippen LogP contribution >= 0.6 is 11.3 Å². The Kier molecular flexibility index (Phi) is 41.4. The number of carbonyl (C=O) groups excluding carboxylic acids is 12. The molecule has 36 heteroatoms. The topological polar surface area (TPSA) is 474 Å². The van der Waals surface area contributed by atoms with Crippen LogP contribution in [-0.2, 0) is 75.1 Å². The lowest BCUT2D eigenvalue weighted by Gasteiger charge is -2.39. The number of carbonyl (C=O) groups is 13. The van der Waals surface area contributed by atoms with Gasteiger partial charge in [0, 0.05) is 89.6 Å². The first-order chi connectivity index (χ1) is 53.4. The lowest BCUT2D eigenvalue weighted by molar-refractivity contribution is -0.165. The molecule has 12 N–H and O–H groups in total. The monoisotopic (exact) mass is 1610 g/mol. The van der Waals surface area contributed by atoms with Gasteiger partial charge in [0.25, 0.3) is 5.91 Å². The van der Waals surface area contributed by atoms with Crippen LogP contribution in [0.15, 0.2) is 53.9 Å². The number of likely N-dealkylation sites (tertiary alicyclic amines) is 1. The molecule has 0 bridgehead atoms. The number of primary amides is 1. The first-order valence-electron chi connectivity index (χ1n) is 38.3. The van der Waals surface area contributed by atoms with Crippen LogP contribution < -0.4 is 47.7 Å². The van der Waals surface area contributed by atoms with E-state index >= 15 is 4.79 Å². The number of esters is 2. The van der Waals surface area contributed by atoms with E-state index in [0.717, 1.165) is 30.7 Å². The fourth-order valence-electron chi connectivity index (χ4n) is 11.9. The molecule has 2 aromatic carbocycles. The molecule has 0 aliphatic carbocycles. The molecular formula is C77H119N13O22S. The summed E-state index contributed by atoms with van der Waals surface area (Å²) in [7, 11) is 4.82. The highest BCUT2D eigenvalue weighted by Gasteiger charge is 2.40. The Labute approximate surface area is 664 Å². The largest absolute Gasteiger partial charge is 0.481 e. The zero-order valence-electron chi connectivity index (χ0n) is 67.4. The van der Waals surface area contributed by atoms with Crippen molar-refractivity contribution >= 4 is 94.7 Å².